The molecule has 2 aliphatic heterocycles. The van der Waals surface area contributed by atoms with Gasteiger partial charge < -0.3 is 20.4 Å². The van der Waals surface area contributed by atoms with Crippen LogP contribution in [0.15, 0.2) is 29.3 Å². The number of nitrogens with one attached hydrogen (secondary N) is 2. The zero-order chi connectivity index (χ0) is 20.5. The van der Waals surface area contributed by atoms with E-state index in [9.17, 15) is 4.79 Å². The van der Waals surface area contributed by atoms with Gasteiger partial charge >= 0.3 is 0 Å². The summed E-state index contributed by atoms with van der Waals surface area (Å²) in [5, 5.41) is 7.00. The number of aliphatic imine (C=N–C) groups is 1. The Morgan fingerprint density at radius 2 is 1.83 bits per heavy atom. The quantitative estimate of drug-likeness (QED) is 0.322. The number of anilines is 1. The molecule has 1 aromatic rings. The van der Waals surface area contributed by atoms with Gasteiger partial charge in [0.2, 0.25) is 5.91 Å². The summed E-state index contributed by atoms with van der Waals surface area (Å²) in [6.45, 7) is 10.2. The van der Waals surface area contributed by atoms with Crippen molar-refractivity contribution in [1.29, 1.82) is 0 Å². The number of guanidine groups is 1. The van der Waals surface area contributed by atoms with Crippen LogP contribution in [-0.4, -0.2) is 55.5 Å². The van der Waals surface area contributed by atoms with E-state index in [-0.39, 0.29) is 29.9 Å². The average Bonchev–Trinajstić information content (AvgIpc) is 2.75. The summed E-state index contributed by atoms with van der Waals surface area (Å²) in [6, 6.07) is 8.78. The number of amides is 1. The minimum atomic E-state index is 0. The van der Waals surface area contributed by atoms with Crippen molar-refractivity contribution in [3.63, 3.8) is 0 Å². The van der Waals surface area contributed by atoms with Gasteiger partial charge in [0.15, 0.2) is 5.96 Å². The summed E-state index contributed by atoms with van der Waals surface area (Å²) < 4.78 is 0. The van der Waals surface area contributed by atoms with E-state index in [1.165, 1.54) is 38.9 Å². The number of hydrogen-bond donors (Lipinski definition) is 2. The number of rotatable bonds is 7. The number of halogens is 1. The summed E-state index contributed by atoms with van der Waals surface area (Å²) in [6.07, 6.45) is 6.34. The summed E-state index contributed by atoms with van der Waals surface area (Å²) in [4.78, 5) is 21.3. The summed E-state index contributed by atoms with van der Waals surface area (Å²) in [7, 11) is 0. The second kappa shape index (κ2) is 13.1. The lowest BCUT2D eigenvalue weighted by molar-refractivity contribution is -0.119. The molecule has 2 fully saturated rings. The van der Waals surface area contributed by atoms with Gasteiger partial charge in [-0.15, -0.1) is 24.0 Å². The molecule has 0 spiro atoms. The van der Waals surface area contributed by atoms with E-state index in [2.05, 4.69) is 53.6 Å². The summed E-state index contributed by atoms with van der Waals surface area (Å²) in [5.74, 6) is 1.14. The highest BCUT2D eigenvalue weighted by Gasteiger charge is 2.20. The normalized spacial score (nSPS) is 18.8. The lowest BCUT2D eigenvalue weighted by atomic mass is 10.1. The minimum absolute atomic E-state index is 0. The van der Waals surface area contributed by atoms with Crippen molar-refractivity contribution < 1.29 is 4.79 Å². The van der Waals surface area contributed by atoms with Gasteiger partial charge in [0.25, 0.3) is 0 Å². The maximum atomic E-state index is 12.1. The van der Waals surface area contributed by atoms with Gasteiger partial charge in [-0.2, -0.15) is 0 Å². The van der Waals surface area contributed by atoms with Crippen LogP contribution >= 0.6 is 24.0 Å². The third-order valence-corrected chi connectivity index (χ3v) is 5.80. The largest absolute Gasteiger partial charge is 0.357 e. The number of carbonyl (C=O) groups is 1. The highest BCUT2D eigenvalue weighted by atomic mass is 127. The maximum Gasteiger partial charge on any atom is 0.226 e. The number of piperidine rings is 2. The fourth-order valence-corrected chi connectivity index (χ4v) is 4.16. The topological polar surface area (TPSA) is 60.0 Å². The molecule has 168 valence electrons. The molecular formula is C23H38IN5O. The van der Waals surface area contributed by atoms with Gasteiger partial charge in [0.1, 0.15) is 0 Å². The van der Waals surface area contributed by atoms with Crippen molar-refractivity contribution in [1.82, 2.24) is 15.5 Å². The second-order valence-corrected chi connectivity index (χ2v) is 8.12. The second-order valence-electron chi connectivity index (χ2n) is 8.12. The Morgan fingerprint density at radius 1 is 1.10 bits per heavy atom. The van der Waals surface area contributed by atoms with Crippen molar-refractivity contribution in [3.8, 4) is 0 Å². The third kappa shape index (κ3) is 7.41. The van der Waals surface area contributed by atoms with Crippen molar-refractivity contribution in [2.45, 2.75) is 65.0 Å². The van der Waals surface area contributed by atoms with Crippen LogP contribution in [0.2, 0.25) is 0 Å². The molecule has 0 aromatic heterocycles. The first-order valence-corrected chi connectivity index (χ1v) is 11.4. The molecule has 2 N–H and O–H groups in total. The number of carbonyl (C=O) groups excluding carboxylic acids is 1. The van der Waals surface area contributed by atoms with Gasteiger partial charge in [-0.3, -0.25) is 4.79 Å². The molecule has 2 heterocycles. The molecule has 2 aliphatic rings. The Bertz CT molecular complexity index is 671. The monoisotopic (exact) mass is 527 g/mol. The van der Waals surface area contributed by atoms with E-state index in [0.717, 1.165) is 43.1 Å². The molecule has 1 amide bonds. The van der Waals surface area contributed by atoms with E-state index >= 15 is 0 Å². The van der Waals surface area contributed by atoms with Gasteiger partial charge in [0, 0.05) is 44.3 Å². The first-order chi connectivity index (χ1) is 14.2. The van der Waals surface area contributed by atoms with E-state index in [0.29, 0.717) is 19.0 Å². The Kier molecular flexibility index (Phi) is 10.9. The van der Waals surface area contributed by atoms with Gasteiger partial charge in [-0.05, 0) is 63.3 Å². The SMILES string of the molecule is CCCN1CCC(NC(=NCc2ccc(N3CCCCC3=O)cc2)NCC)CC1.I. The van der Waals surface area contributed by atoms with Crippen LogP contribution in [0.25, 0.3) is 0 Å². The van der Waals surface area contributed by atoms with Gasteiger partial charge in [-0.25, -0.2) is 4.99 Å². The Hall–Kier alpha value is -1.35. The number of nitrogens with zero attached hydrogens (tertiary/aromatic N) is 3. The predicted molar refractivity (Wildman–Crippen MR) is 136 cm³/mol. The molecule has 3 rings (SSSR count). The fraction of sp³-hybridized carbons (Fsp3) is 0.652. The van der Waals surface area contributed by atoms with Crippen LogP contribution < -0.4 is 15.5 Å². The van der Waals surface area contributed by atoms with E-state index in [1.54, 1.807) is 0 Å². The maximum absolute atomic E-state index is 12.1. The standard InChI is InChI=1S/C23H37N5O.HI/c1-3-14-27-16-12-20(13-17-27)26-23(24-4-2)25-18-19-8-10-21(11-9-19)28-15-6-5-7-22(28)29;/h8-11,20H,3-7,12-18H2,1-2H3,(H2,24,25,26);1H. The van der Waals surface area contributed by atoms with Gasteiger partial charge in [-0.1, -0.05) is 19.1 Å². The number of hydrogen-bond acceptors (Lipinski definition) is 3. The van der Waals surface area contributed by atoms with Crippen molar-refractivity contribution in [2.75, 3.05) is 37.6 Å². The molecule has 6 nitrogen and oxygen atoms in total. The fourth-order valence-electron chi connectivity index (χ4n) is 4.16. The van der Waals surface area contributed by atoms with Crippen molar-refractivity contribution in [2.24, 2.45) is 4.99 Å². The molecule has 30 heavy (non-hydrogen) atoms. The molecule has 0 bridgehead atoms. The smallest absolute Gasteiger partial charge is 0.226 e. The Labute approximate surface area is 198 Å². The summed E-state index contributed by atoms with van der Waals surface area (Å²) >= 11 is 0. The van der Waals surface area contributed by atoms with E-state index < -0.39 is 0 Å². The van der Waals surface area contributed by atoms with Crippen LogP contribution in [0.4, 0.5) is 5.69 Å². The Balaban J connectivity index is 0.00000320. The molecule has 7 heteroatoms. The van der Waals surface area contributed by atoms with Crippen LogP contribution in [0, 0.1) is 0 Å². The van der Waals surface area contributed by atoms with Crippen LogP contribution in [0.1, 0.15) is 57.9 Å². The minimum Gasteiger partial charge on any atom is -0.357 e. The molecule has 0 atom stereocenters. The Morgan fingerprint density at radius 3 is 2.47 bits per heavy atom. The number of likely N-dealkylation sites (tertiary alicyclic amines) is 1. The predicted octanol–water partition coefficient (Wildman–Crippen LogP) is 3.75. The van der Waals surface area contributed by atoms with E-state index in [4.69, 9.17) is 4.99 Å². The highest BCUT2D eigenvalue weighted by molar-refractivity contribution is 14.0. The first kappa shape index (κ1) is 24.9. The zero-order valence-corrected chi connectivity index (χ0v) is 20.9. The van der Waals surface area contributed by atoms with Crippen LogP contribution in [0.3, 0.4) is 0 Å². The molecule has 0 radical (unpaired) electrons. The van der Waals surface area contributed by atoms with Crippen LogP contribution in [0.5, 0.6) is 0 Å². The summed E-state index contributed by atoms with van der Waals surface area (Å²) in [5.41, 5.74) is 2.17. The van der Waals surface area contributed by atoms with E-state index in [1.807, 2.05) is 4.90 Å². The lowest BCUT2D eigenvalue weighted by Crippen LogP contribution is -2.48. The van der Waals surface area contributed by atoms with Crippen molar-refractivity contribution in [3.05, 3.63) is 29.8 Å². The first-order valence-electron chi connectivity index (χ1n) is 11.4. The number of benzene rings is 1. The molecular weight excluding hydrogens is 489 g/mol. The molecule has 1 aromatic carbocycles. The van der Waals surface area contributed by atoms with Crippen LogP contribution in [-0.2, 0) is 11.3 Å². The van der Waals surface area contributed by atoms with Gasteiger partial charge in [0.05, 0.1) is 6.54 Å². The highest BCUT2D eigenvalue weighted by Crippen LogP contribution is 2.21. The molecule has 0 unspecified atom stereocenters. The average molecular weight is 527 g/mol. The zero-order valence-electron chi connectivity index (χ0n) is 18.5. The molecule has 0 saturated carbocycles. The third-order valence-electron chi connectivity index (χ3n) is 5.80. The van der Waals surface area contributed by atoms with Crippen molar-refractivity contribution >= 4 is 41.5 Å². The lowest BCUT2D eigenvalue weighted by Gasteiger charge is -2.32. The molecule has 2 saturated heterocycles. The molecule has 0 aliphatic carbocycles.